The normalized spacial score (nSPS) is 19.7. The fourth-order valence-corrected chi connectivity index (χ4v) is 3.67. The number of hydrogen-bond acceptors (Lipinski definition) is 5. The molecule has 6 heteroatoms. The van der Waals surface area contributed by atoms with Crippen LogP contribution >= 0.6 is 0 Å². The summed E-state index contributed by atoms with van der Waals surface area (Å²) in [7, 11) is 0. The van der Waals surface area contributed by atoms with Crippen molar-refractivity contribution in [3.63, 3.8) is 0 Å². The Morgan fingerprint density at radius 2 is 2.11 bits per heavy atom. The van der Waals surface area contributed by atoms with Crippen molar-refractivity contribution in [3.05, 3.63) is 47.5 Å². The van der Waals surface area contributed by atoms with E-state index in [1.807, 2.05) is 37.3 Å². The van der Waals surface area contributed by atoms with Crippen molar-refractivity contribution in [1.29, 1.82) is 0 Å². The first kappa shape index (κ1) is 17.8. The summed E-state index contributed by atoms with van der Waals surface area (Å²) in [5.74, 6) is 0.528. The van der Waals surface area contributed by atoms with E-state index in [1.165, 1.54) is 0 Å². The van der Waals surface area contributed by atoms with Crippen LogP contribution in [0, 0.1) is 6.92 Å². The lowest BCUT2D eigenvalue weighted by molar-refractivity contribution is -0.146. The Balaban J connectivity index is 1.65. The van der Waals surface area contributed by atoms with Crippen LogP contribution in [-0.4, -0.2) is 54.9 Å². The van der Waals surface area contributed by atoms with E-state index in [-0.39, 0.29) is 11.7 Å². The molecule has 0 unspecified atom stereocenters. The number of benzene rings is 2. The van der Waals surface area contributed by atoms with Crippen molar-refractivity contribution in [2.45, 2.75) is 19.6 Å². The Bertz CT molecular complexity index is 846. The van der Waals surface area contributed by atoms with Crippen molar-refractivity contribution >= 4 is 5.91 Å². The van der Waals surface area contributed by atoms with Gasteiger partial charge in [-0.3, -0.25) is 4.79 Å². The highest BCUT2D eigenvalue weighted by molar-refractivity contribution is 5.82. The SMILES string of the molecule is Cc1ccccc1-c1cc(O)c2c(c1)CN(C(=O)[C@H]1CNCCO1)CCO2. The van der Waals surface area contributed by atoms with Crippen LogP contribution in [0.2, 0.25) is 0 Å². The van der Waals surface area contributed by atoms with Gasteiger partial charge in [-0.25, -0.2) is 0 Å². The number of morpholine rings is 1. The number of carbonyl (C=O) groups is 1. The molecule has 1 saturated heterocycles. The second-order valence-electron chi connectivity index (χ2n) is 6.97. The van der Waals surface area contributed by atoms with E-state index in [1.54, 1.807) is 11.0 Å². The quantitative estimate of drug-likeness (QED) is 0.849. The molecule has 0 spiro atoms. The van der Waals surface area contributed by atoms with Crippen molar-refractivity contribution < 1.29 is 19.4 Å². The molecule has 2 aromatic rings. The molecular weight excluding hydrogens is 344 g/mol. The van der Waals surface area contributed by atoms with Crippen molar-refractivity contribution in [2.75, 3.05) is 32.8 Å². The van der Waals surface area contributed by atoms with Gasteiger partial charge in [-0.15, -0.1) is 0 Å². The highest BCUT2D eigenvalue weighted by atomic mass is 16.5. The number of fused-ring (bicyclic) bond motifs is 1. The first-order chi connectivity index (χ1) is 13.1. The van der Waals surface area contributed by atoms with Crippen molar-refractivity contribution in [1.82, 2.24) is 10.2 Å². The summed E-state index contributed by atoms with van der Waals surface area (Å²) in [6.07, 6.45) is -0.464. The van der Waals surface area contributed by atoms with Crippen LogP contribution in [0.4, 0.5) is 0 Å². The smallest absolute Gasteiger partial charge is 0.253 e. The number of amides is 1. The van der Waals surface area contributed by atoms with Crippen LogP contribution in [-0.2, 0) is 16.1 Å². The molecule has 142 valence electrons. The van der Waals surface area contributed by atoms with Crippen LogP contribution in [0.1, 0.15) is 11.1 Å². The molecular formula is C21H24N2O4. The van der Waals surface area contributed by atoms with Gasteiger partial charge in [0.15, 0.2) is 11.5 Å². The molecule has 2 N–H and O–H groups in total. The van der Waals surface area contributed by atoms with Crippen LogP contribution in [0.15, 0.2) is 36.4 Å². The van der Waals surface area contributed by atoms with Crippen molar-refractivity contribution in [2.24, 2.45) is 0 Å². The monoisotopic (exact) mass is 368 g/mol. The number of nitrogens with one attached hydrogen (secondary N) is 1. The van der Waals surface area contributed by atoms with Gasteiger partial charge >= 0.3 is 0 Å². The lowest BCUT2D eigenvalue weighted by atomic mass is 9.97. The fourth-order valence-electron chi connectivity index (χ4n) is 3.67. The Morgan fingerprint density at radius 3 is 2.89 bits per heavy atom. The third-order valence-corrected chi connectivity index (χ3v) is 5.09. The minimum Gasteiger partial charge on any atom is -0.504 e. The number of rotatable bonds is 2. The molecule has 0 aliphatic carbocycles. The minimum absolute atomic E-state index is 0.0422. The molecule has 0 saturated carbocycles. The van der Waals surface area contributed by atoms with Crippen molar-refractivity contribution in [3.8, 4) is 22.6 Å². The summed E-state index contributed by atoms with van der Waals surface area (Å²) in [4.78, 5) is 14.6. The standard InChI is InChI=1S/C21H24N2O4/c1-14-4-2-3-5-17(14)15-10-16-13-23(7-9-27-20(16)18(24)11-15)21(25)19-12-22-6-8-26-19/h2-5,10-11,19,22,24H,6-9,12-13H2,1H3/t19-/m1/s1. The molecule has 1 atom stereocenters. The Labute approximate surface area is 158 Å². The summed E-state index contributed by atoms with van der Waals surface area (Å²) in [6.45, 7) is 5.07. The largest absolute Gasteiger partial charge is 0.504 e. The molecule has 2 heterocycles. The van der Waals surface area contributed by atoms with E-state index in [4.69, 9.17) is 9.47 Å². The summed E-state index contributed by atoms with van der Waals surface area (Å²) >= 11 is 0. The van der Waals surface area contributed by atoms with Gasteiger partial charge in [-0.2, -0.15) is 0 Å². The molecule has 27 heavy (non-hydrogen) atoms. The second-order valence-corrected chi connectivity index (χ2v) is 6.97. The molecule has 2 aliphatic rings. The van der Waals surface area contributed by atoms with Gasteiger partial charge < -0.3 is 24.8 Å². The number of aryl methyl sites for hydroxylation is 1. The summed E-state index contributed by atoms with van der Waals surface area (Å²) < 4.78 is 11.4. The number of nitrogens with zero attached hydrogens (tertiary/aromatic N) is 1. The Kier molecular flexibility index (Phi) is 5.01. The summed E-state index contributed by atoms with van der Waals surface area (Å²) in [6, 6.07) is 11.8. The second kappa shape index (κ2) is 7.58. The van der Waals surface area contributed by atoms with E-state index < -0.39 is 6.10 Å². The van der Waals surface area contributed by atoms with Gasteiger partial charge in [0.05, 0.1) is 13.2 Å². The van der Waals surface area contributed by atoms with Gasteiger partial charge in [-0.05, 0) is 35.7 Å². The fraction of sp³-hybridized carbons (Fsp3) is 0.381. The first-order valence-electron chi connectivity index (χ1n) is 9.29. The van der Waals surface area contributed by atoms with Crippen LogP contribution in [0.25, 0.3) is 11.1 Å². The molecule has 2 aliphatic heterocycles. The van der Waals surface area contributed by atoms with Gasteiger partial charge in [0.1, 0.15) is 12.7 Å². The molecule has 1 amide bonds. The summed E-state index contributed by atoms with van der Waals surface area (Å²) in [5.41, 5.74) is 3.90. The molecule has 2 aromatic carbocycles. The number of phenols is 1. The molecule has 1 fully saturated rings. The van der Waals surface area contributed by atoms with Gasteiger partial charge in [0.2, 0.25) is 0 Å². The molecule has 0 bridgehead atoms. The Hall–Kier alpha value is -2.57. The topological polar surface area (TPSA) is 71.0 Å². The van der Waals surface area contributed by atoms with Gasteiger partial charge in [0, 0.05) is 25.2 Å². The Morgan fingerprint density at radius 1 is 1.26 bits per heavy atom. The maximum Gasteiger partial charge on any atom is 0.253 e. The highest BCUT2D eigenvalue weighted by Crippen LogP contribution is 2.38. The lowest BCUT2D eigenvalue weighted by Crippen LogP contribution is -2.49. The minimum atomic E-state index is -0.464. The number of ether oxygens (including phenoxy) is 2. The third-order valence-electron chi connectivity index (χ3n) is 5.09. The van der Waals surface area contributed by atoms with E-state index >= 15 is 0 Å². The van der Waals surface area contributed by atoms with E-state index in [9.17, 15) is 9.90 Å². The zero-order valence-corrected chi connectivity index (χ0v) is 15.4. The van der Waals surface area contributed by atoms with Crippen LogP contribution in [0.3, 0.4) is 0 Å². The predicted octanol–water partition coefficient (Wildman–Crippen LogP) is 2.08. The average molecular weight is 368 g/mol. The third kappa shape index (κ3) is 3.63. The first-order valence-corrected chi connectivity index (χ1v) is 9.29. The average Bonchev–Trinajstić information content (AvgIpc) is 2.91. The number of phenolic OH excluding ortho intramolecular Hbond substituents is 1. The zero-order valence-electron chi connectivity index (χ0n) is 15.4. The summed E-state index contributed by atoms with van der Waals surface area (Å²) in [5, 5.41) is 13.7. The number of hydrogen-bond donors (Lipinski definition) is 2. The van der Waals surface area contributed by atoms with Gasteiger partial charge in [0.25, 0.3) is 5.91 Å². The molecule has 6 nitrogen and oxygen atoms in total. The number of carbonyl (C=O) groups excluding carboxylic acids is 1. The van der Waals surface area contributed by atoms with Crippen LogP contribution in [0.5, 0.6) is 11.5 Å². The predicted molar refractivity (Wildman–Crippen MR) is 102 cm³/mol. The van der Waals surface area contributed by atoms with Gasteiger partial charge in [-0.1, -0.05) is 24.3 Å². The highest BCUT2D eigenvalue weighted by Gasteiger charge is 2.29. The lowest BCUT2D eigenvalue weighted by Gasteiger charge is -2.28. The van der Waals surface area contributed by atoms with E-state index in [0.717, 1.165) is 28.8 Å². The zero-order chi connectivity index (χ0) is 18.8. The van der Waals surface area contributed by atoms with E-state index in [0.29, 0.717) is 38.6 Å². The molecule has 4 rings (SSSR count). The number of aromatic hydroxyl groups is 1. The van der Waals surface area contributed by atoms with E-state index in [2.05, 4.69) is 5.32 Å². The van der Waals surface area contributed by atoms with Crippen LogP contribution < -0.4 is 10.1 Å². The molecule has 0 aromatic heterocycles. The maximum absolute atomic E-state index is 12.9. The molecule has 0 radical (unpaired) electrons. The maximum atomic E-state index is 12.9.